The topological polar surface area (TPSA) is 67.9 Å². The number of fused-ring (bicyclic) bond motifs is 3. The van der Waals surface area contributed by atoms with E-state index in [1.165, 1.54) is 29.4 Å². The first-order valence-corrected chi connectivity index (χ1v) is 9.97. The van der Waals surface area contributed by atoms with Crippen molar-refractivity contribution < 1.29 is 19.1 Å². The van der Waals surface area contributed by atoms with Crippen molar-refractivity contribution in [3.63, 3.8) is 0 Å². The van der Waals surface area contributed by atoms with Crippen LogP contribution < -0.4 is 5.32 Å². The third kappa shape index (κ3) is 3.38. The Bertz CT molecular complexity index is 873. The summed E-state index contributed by atoms with van der Waals surface area (Å²) in [5.74, 6) is -0.241. The molecule has 152 valence electrons. The van der Waals surface area contributed by atoms with Crippen LogP contribution in [0.5, 0.6) is 0 Å². The molecule has 1 heterocycles. The Morgan fingerprint density at radius 1 is 1.03 bits per heavy atom. The number of methoxy groups -OCH3 is 1. The lowest BCUT2D eigenvalue weighted by molar-refractivity contribution is -0.150. The van der Waals surface area contributed by atoms with E-state index in [4.69, 9.17) is 9.47 Å². The molecule has 1 amide bonds. The van der Waals surface area contributed by atoms with E-state index in [-0.39, 0.29) is 18.0 Å². The van der Waals surface area contributed by atoms with E-state index in [9.17, 15) is 9.59 Å². The number of likely N-dealkylation sites (tertiary alicyclic amines) is 1. The van der Waals surface area contributed by atoms with E-state index in [1.807, 2.05) is 24.3 Å². The van der Waals surface area contributed by atoms with Crippen molar-refractivity contribution in [1.82, 2.24) is 10.2 Å². The molecule has 29 heavy (non-hydrogen) atoms. The molecule has 0 saturated carbocycles. The standard InChI is InChI=1S/C23H26N2O4/c1-24-23(21(26)28-2)11-13-25(14-12-23)22(27)29-15-20-18-9-5-3-7-16(18)17-8-4-6-10-19(17)20/h3-10,20,24H,11-15H2,1-2H3. The van der Waals surface area contributed by atoms with E-state index in [1.54, 1.807) is 11.9 Å². The summed E-state index contributed by atoms with van der Waals surface area (Å²) in [7, 11) is 3.14. The molecule has 0 atom stereocenters. The number of piperidine rings is 1. The normalized spacial score (nSPS) is 17.4. The molecule has 1 saturated heterocycles. The van der Waals surface area contributed by atoms with Gasteiger partial charge in [-0.3, -0.25) is 4.79 Å². The first kappa shape index (κ1) is 19.5. The maximum atomic E-state index is 12.7. The fourth-order valence-corrected chi connectivity index (χ4v) is 4.51. The van der Waals surface area contributed by atoms with Gasteiger partial charge in [0, 0.05) is 19.0 Å². The Hall–Kier alpha value is -2.86. The van der Waals surface area contributed by atoms with Crippen LogP contribution in [0.1, 0.15) is 29.9 Å². The molecule has 4 rings (SSSR count). The Balaban J connectivity index is 1.42. The van der Waals surface area contributed by atoms with Gasteiger partial charge in [0.05, 0.1) is 7.11 Å². The molecule has 0 radical (unpaired) electrons. The summed E-state index contributed by atoms with van der Waals surface area (Å²) in [4.78, 5) is 26.5. The van der Waals surface area contributed by atoms with Crippen molar-refractivity contribution in [3.05, 3.63) is 59.7 Å². The molecule has 1 N–H and O–H groups in total. The summed E-state index contributed by atoms with van der Waals surface area (Å²) < 4.78 is 10.6. The highest BCUT2D eigenvalue weighted by Crippen LogP contribution is 2.44. The molecule has 6 nitrogen and oxygen atoms in total. The highest BCUT2D eigenvalue weighted by atomic mass is 16.6. The largest absolute Gasteiger partial charge is 0.468 e. The number of hydrogen-bond acceptors (Lipinski definition) is 5. The number of esters is 1. The average molecular weight is 394 g/mol. The fourth-order valence-electron chi connectivity index (χ4n) is 4.51. The first-order chi connectivity index (χ1) is 14.1. The Morgan fingerprint density at radius 2 is 1.59 bits per heavy atom. The monoisotopic (exact) mass is 394 g/mol. The lowest BCUT2D eigenvalue weighted by Crippen LogP contribution is -2.58. The van der Waals surface area contributed by atoms with E-state index >= 15 is 0 Å². The number of ether oxygens (including phenoxy) is 2. The molecule has 0 bridgehead atoms. The van der Waals surface area contributed by atoms with E-state index in [0.29, 0.717) is 32.5 Å². The van der Waals surface area contributed by atoms with E-state index < -0.39 is 5.54 Å². The van der Waals surface area contributed by atoms with Crippen LogP contribution in [0, 0.1) is 0 Å². The number of nitrogens with one attached hydrogen (secondary N) is 1. The predicted octanol–water partition coefficient (Wildman–Crippen LogP) is 3.16. The summed E-state index contributed by atoms with van der Waals surface area (Å²) in [6.45, 7) is 1.21. The van der Waals surface area contributed by atoms with Crippen LogP contribution in [-0.4, -0.2) is 56.4 Å². The van der Waals surface area contributed by atoms with Crippen LogP contribution >= 0.6 is 0 Å². The van der Waals surface area contributed by atoms with Gasteiger partial charge in [-0.05, 0) is 42.1 Å². The second-order valence-electron chi connectivity index (χ2n) is 7.61. The van der Waals surface area contributed by atoms with Gasteiger partial charge in [-0.2, -0.15) is 0 Å². The Morgan fingerprint density at radius 3 is 2.10 bits per heavy atom. The van der Waals surface area contributed by atoms with Crippen LogP contribution in [0.3, 0.4) is 0 Å². The minimum absolute atomic E-state index is 0.0441. The molecule has 1 aliphatic carbocycles. The maximum absolute atomic E-state index is 12.7. The summed E-state index contributed by atoms with van der Waals surface area (Å²) in [6, 6.07) is 16.6. The summed E-state index contributed by atoms with van der Waals surface area (Å²) in [5.41, 5.74) is 4.08. The number of hydrogen-bond donors (Lipinski definition) is 1. The maximum Gasteiger partial charge on any atom is 0.409 e. The third-order valence-corrected chi connectivity index (χ3v) is 6.27. The van der Waals surface area contributed by atoms with Crippen molar-refractivity contribution in [2.75, 3.05) is 33.9 Å². The highest BCUT2D eigenvalue weighted by molar-refractivity contribution is 5.81. The second-order valence-corrected chi connectivity index (χ2v) is 7.61. The Kier molecular flexibility index (Phi) is 5.28. The van der Waals surface area contributed by atoms with Gasteiger partial charge in [0.2, 0.25) is 0 Å². The zero-order valence-electron chi connectivity index (χ0n) is 16.8. The number of carbonyl (C=O) groups excluding carboxylic acids is 2. The number of rotatable bonds is 4. The number of carbonyl (C=O) groups is 2. The smallest absolute Gasteiger partial charge is 0.409 e. The van der Waals surface area contributed by atoms with Gasteiger partial charge in [-0.25, -0.2) is 4.79 Å². The van der Waals surface area contributed by atoms with E-state index in [2.05, 4.69) is 29.6 Å². The van der Waals surface area contributed by atoms with Crippen LogP contribution in [-0.2, 0) is 14.3 Å². The van der Waals surface area contributed by atoms with E-state index in [0.717, 1.165) is 0 Å². The number of nitrogens with zero attached hydrogens (tertiary/aromatic N) is 1. The SMILES string of the molecule is CNC1(C(=O)OC)CCN(C(=O)OCC2c3ccccc3-c3ccccc32)CC1. The molecular formula is C23H26N2O4. The zero-order chi connectivity index (χ0) is 20.4. The van der Waals surface area contributed by atoms with Gasteiger partial charge in [0.25, 0.3) is 0 Å². The van der Waals surface area contributed by atoms with Crippen LogP contribution in [0.25, 0.3) is 11.1 Å². The predicted molar refractivity (Wildman–Crippen MR) is 110 cm³/mol. The molecule has 1 fully saturated rings. The lowest BCUT2D eigenvalue weighted by atomic mass is 9.88. The first-order valence-electron chi connectivity index (χ1n) is 9.97. The van der Waals surface area contributed by atoms with Crippen molar-refractivity contribution >= 4 is 12.1 Å². The fraction of sp³-hybridized carbons (Fsp3) is 0.391. The van der Waals surface area contributed by atoms with Gasteiger partial charge in [0.15, 0.2) is 0 Å². The molecular weight excluding hydrogens is 368 g/mol. The highest BCUT2D eigenvalue weighted by Gasteiger charge is 2.42. The van der Waals surface area contributed by atoms with Crippen LogP contribution in [0.15, 0.2) is 48.5 Å². The van der Waals surface area contributed by atoms with Gasteiger partial charge in [0.1, 0.15) is 12.1 Å². The van der Waals surface area contributed by atoms with Crippen LogP contribution in [0.4, 0.5) is 4.79 Å². The number of benzene rings is 2. The summed E-state index contributed by atoms with van der Waals surface area (Å²) in [5, 5.41) is 3.07. The minimum atomic E-state index is -0.727. The summed E-state index contributed by atoms with van der Waals surface area (Å²) >= 11 is 0. The quantitative estimate of drug-likeness (QED) is 0.807. The second kappa shape index (κ2) is 7.87. The Labute approximate surface area is 170 Å². The van der Waals surface area contributed by atoms with Gasteiger partial charge < -0.3 is 19.7 Å². The molecule has 2 aromatic rings. The molecule has 0 aromatic heterocycles. The summed E-state index contributed by atoms with van der Waals surface area (Å²) in [6.07, 6.45) is 0.669. The minimum Gasteiger partial charge on any atom is -0.468 e. The van der Waals surface area contributed by atoms with Crippen molar-refractivity contribution in [2.24, 2.45) is 0 Å². The van der Waals surface area contributed by atoms with Crippen molar-refractivity contribution in [1.29, 1.82) is 0 Å². The molecule has 2 aliphatic rings. The zero-order valence-corrected chi connectivity index (χ0v) is 16.8. The molecule has 1 aliphatic heterocycles. The molecule has 6 heteroatoms. The third-order valence-electron chi connectivity index (χ3n) is 6.27. The van der Waals surface area contributed by atoms with Gasteiger partial charge in [-0.15, -0.1) is 0 Å². The number of likely N-dealkylation sites (N-methyl/N-ethyl adjacent to an activating group) is 1. The molecule has 2 aromatic carbocycles. The van der Waals surface area contributed by atoms with Crippen LogP contribution in [0.2, 0.25) is 0 Å². The lowest BCUT2D eigenvalue weighted by Gasteiger charge is -2.39. The number of amides is 1. The van der Waals surface area contributed by atoms with Gasteiger partial charge >= 0.3 is 12.1 Å². The molecule has 0 unspecified atom stereocenters. The van der Waals surface area contributed by atoms with Crippen molar-refractivity contribution in [2.45, 2.75) is 24.3 Å². The molecule has 0 spiro atoms. The van der Waals surface area contributed by atoms with Crippen molar-refractivity contribution in [3.8, 4) is 11.1 Å². The average Bonchev–Trinajstić information content (AvgIpc) is 3.10. The van der Waals surface area contributed by atoms with Gasteiger partial charge in [-0.1, -0.05) is 48.5 Å².